The van der Waals surface area contributed by atoms with Crippen molar-refractivity contribution in [3.63, 3.8) is 0 Å². The van der Waals surface area contributed by atoms with Crippen molar-refractivity contribution in [2.75, 3.05) is 18.5 Å². The molecule has 1 saturated heterocycles. The first-order chi connectivity index (χ1) is 14.6. The lowest BCUT2D eigenvalue weighted by Crippen LogP contribution is -2.43. The second kappa shape index (κ2) is 10.4. The van der Waals surface area contributed by atoms with Crippen LogP contribution < -0.4 is 10.6 Å². The summed E-state index contributed by atoms with van der Waals surface area (Å²) in [4.78, 5) is 24.7. The fraction of sp³-hybridized carbons (Fsp3) is 0.304. The smallest absolute Gasteiger partial charge is 0.374 e. The van der Waals surface area contributed by atoms with Gasteiger partial charge in [-0.1, -0.05) is 30.3 Å². The topological polar surface area (TPSA) is 89.8 Å². The van der Waals surface area contributed by atoms with E-state index in [2.05, 4.69) is 10.6 Å². The van der Waals surface area contributed by atoms with Crippen molar-refractivity contribution in [3.8, 4) is 0 Å². The van der Waals surface area contributed by atoms with Gasteiger partial charge in [-0.3, -0.25) is 4.79 Å². The van der Waals surface area contributed by atoms with E-state index >= 15 is 0 Å². The van der Waals surface area contributed by atoms with Gasteiger partial charge in [0.2, 0.25) is 11.7 Å². The Hall–Kier alpha value is -2.87. The molecule has 0 saturated carbocycles. The van der Waals surface area contributed by atoms with E-state index in [4.69, 9.17) is 13.9 Å². The van der Waals surface area contributed by atoms with E-state index in [0.717, 1.165) is 18.5 Å². The molecule has 2 heterocycles. The molecule has 1 fully saturated rings. The third kappa shape index (κ3) is 5.44. The number of carbonyl (C=O) groups is 2. The highest BCUT2D eigenvalue weighted by Gasteiger charge is 2.33. The molecule has 8 heteroatoms. The third-order valence-corrected chi connectivity index (χ3v) is 5.01. The molecule has 3 aromatic rings. The number of fused-ring (bicyclic) bond motifs is 1. The molecule has 7 nitrogen and oxygen atoms in total. The van der Waals surface area contributed by atoms with Gasteiger partial charge in [0, 0.05) is 11.1 Å². The summed E-state index contributed by atoms with van der Waals surface area (Å²) in [5.41, 5.74) is 2.25. The van der Waals surface area contributed by atoms with Crippen molar-refractivity contribution >= 4 is 40.9 Å². The predicted molar refractivity (Wildman–Crippen MR) is 119 cm³/mol. The van der Waals surface area contributed by atoms with Crippen LogP contribution in [0.15, 0.2) is 59.0 Å². The Morgan fingerprint density at radius 1 is 1.16 bits per heavy atom. The summed E-state index contributed by atoms with van der Waals surface area (Å²) in [7, 11) is 0. The Labute approximate surface area is 186 Å². The Kier molecular flexibility index (Phi) is 7.68. The lowest BCUT2D eigenvalue weighted by Gasteiger charge is -2.20. The van der Waals surface area contributed by atoms with Gasteiger partial charge in [0.15, 0.2) is 0 Å². The third-order valence-electron chi connectivity index (χ3n) is 5.01. The van der Waals surface area contributed by atoms with Crippen molar-refractivity contribution in [2.24, 2.45) is 0 Å². The second-order valence-electron chi connectivity index (χ2n) is 7.13. The van der Waals surface area contributed by atoms with E-state index < -0.39 is 12.0 Å². The monoisotopic (exact) mass is 444 g/mol. The quantitative estimate of drug-likeness (QED) is 0.537. The van der Waals surface area contributed by atoms with Crippen molar-refractivity contribution in [3.05, 3.63) is 65.9 Å². The molecule has 164 valence electrons. The molecular weight excluding hydrogens is 420 g/mol. The molecule has 1 aromatic heterocycles. The first-order valence-electron chi connectivity index (χ1n) is 10.0. The molecule has 2 atom stereocenters. The maximum Gasteiger partial charge on any atom is 0.374 e. The summed E-state index contributed by atoms with van der Waals surface area (Å²) < 4.78 is 16.5. The largest absolute Gasteiger partial charge is 0.460 e. The van der Waals surface area contributed by atoms with Gasteiger partial charge in [0.1, 0.15) is 11.6 Å². The maximum atomic E-state index is 12.8. The lowest BCUT2D eigenvalue weighted by atomic mass is 10.1. The van der Waals surface area contributed by atoms with Crippen LogP contribution in [0.1, 0.15) is 29.5 Å². The average molecular weight is 445 g/mol. The van der Waals surface area contributed by atoms with Crippen LogP contribution >= 0.6 is 12.4 Å². The van der Waals surface area contributed by atoms with Crippen LogP contribution in [0.3, 0.4) is 0 Å². The molecule has 31 heavy (non-hydrogen) atoms. The van der Waals surface area contributed by atoms with Crippen LogP contribution in [0.2, 0.25) is 0 Å². The Morgan fingerprint density at radius 2 is 1.97 bits per heavy atom. The highest BCUT2D eigenvalue weighted by molar-refractivity contribution is 5.98. The molecule has 4 rings (SSSR count). The minimum atomic E-state index is -0.507. The minimum Gasteiger partial charge on any atom is -0.460 e. The predicted octanol–water partition coefficient (Wildman–Crippen LogP) is 3.92. The number of halogens is 1. The number of rotatable bonds is 7. The first kappa shape index (κ1) is 22.8. The van der Waals surface area contributed by atoms with Crippen LogP contribution in [-0.4, -0.2) is 37.2 Å². The van der Waals surface area contributed by atoms with Gasteiger partial charge in [-0.25, -0.2) is 4.79 Å². The Morgan fingerprint density at radius 3 is 2.74 bits per heavy atom. The lowest BCUT2D eigenvalue weighted by molar-refractivity contribution is -0.121. The first-order valence-corrected chi connectivity index (χ1v) is 10.0. The standard InChI is InChI=1S/C23H24N2O5.ClH/c1-2-28-23(27)20-13-16-12-17(8-9-18(16)30-20)25-22(26)21-19(10-11-24-21)29-14-15-6-4-3-5-7-15;/h3-9,12-13,19,21,24H,2,10-11,14H2,1H3,(H,25,26);1H/t19-,21-;/m0./s1. The summed E-state index contributed by atoms with van der Waals surface area (Å²) in [6.45, 7) is 3.21. The molecule has 0 spiro atoms. The number of anilines is 1. The number of amides is 1. The molecular formula is C23H25ClN2O5. The zero-order valence-corrected chi connectivity index (χ0v) is 17.9. The van der Waals surface area contributed by atoms with Crippen molar-refractivity contribution < 1.29 is 23.5 Å². The van der Waals surface area contributed by atoms with Crippen LogP contribution in [0.5, 0.6) is 0 Å². The van der Waals surface area contributed by atoms with Gasteiger partial charge in [-0.2, -0.15) is 0 Å². The maximum absolute atomic E-state index is 12.8. The van der Waals surface area contributed by atoms with E-state index in [0.29, 0.717) is 23.3 Å². The summed E-state index contributed by atoms with van der Waals surface area (Å²) in [5, 5.41) is 6.86. The molecule has 0 aliphatic carbocycles. The van der Waals surface area contributed by atoms with Crippen molar-refractivity contribution in [1.29, 1.82) is 0 Å². The van der Waals surface area contributed by atoms with Gasteiger partial charge in [0.25, 0.3) is 0 Å². The molecule has 1 aliphatic rings. The zero-order valence-electron chi connectivity index (χ0n) is 17.1. The van der Waals surface area contributed by atoms with E-state index in [9.17, 15) is 9.59 Å². The van der Waals surface area contributed by atoms with Crippen LogP contribution in [0.4, 0.5) is 5.69 Å². The SMILES string of the molecule is CCOC(=O)c1cc2cc(NC(=O)[C@H]3NCC[C@@H]3OCc3ccccc3)ccc2o1.Cl. The molecule has 0 bridgehead atoms. The van der Waals surface area contributed by atoms with Crippen LogP contribution in [-0.2, 0) is 20.9 Å². The van der Waals surface area contributed by atoms with Crippen LogP contribution in [0.25, 0.3) is 11.0 Å². The summed E-state index contributed by atoms with van der Waals surface area (Å²) in [6, 6.07) is 16.3. The van der Waals surface area contributed by atoms with Crippen molar-refractivity contribution in [1.82, 2.24) is 5.32 Å². The number of ether oxygens (including phenoxy) is 2. The number of esters is 1. The van der Waals surface area contributed by atoms with Gasteiger partial charge in [-0.05, 0) is 49.7 Å². The number of furan rings is 1. The summed E-state index contributed by atoms with van der Waals surface area (Å²) >= 11 is 0. The highest BCUT2D eigenvalue weighted by Crippen LogP contribution is 2.24. The molecule has 2 aromatic carbocycles. The molecule has 2 N–H and O–H groups in total. The van der Waals surface area contributed by atoms with Gasteiger partial charge in [0.05, 0.1) is 19.3 Å². The number of benzene rings is 2. The minimum absolute atomic E-state index is 0. The summed E-state index contributed by atoms with van der Waals surface area (Å²) in [5.74, 6) is -0.519. The number of hydrogen-bond acceptors (Lipinski definition) is 6. The Bertz CT molecular complexity index is 1040. The van der Waals surface area contributed by atoms with E-state index in [1.165, 1.54) is 0 Å². The van der Waals surface area contributed by atoms with Gasteiger partial charge >= 0.3 is 5.97 Å². The molecule has 1 amide bonds. The van der Waals surface area contributed by atoms with Crippen molar-refractivity contribution in [2.45, 2.75) is 32.1 Å². The highest BCUT2D eigenvalue weighted by atomic mass is 35.5. The van der Waals surface area contributed by atoms with E-state index in [1.54, 1.807) is 31.2 Å². The molecule has 0 unspecified atom stereocenters. The Balaban J connectivity index is 0.00000272. The number of hydrogen-bond donors (Lipinski definition) is 2. The zero-order chi connectivity index (χ0) is 20.9. The fourth-order valence-corrected chi connectivity index (χ4v) is 3.54. The van der Waals surface area contributed by atoms with E-state index in [-0.39, 0.29) is 36.8 Å². The summed E-state index contributed by atoms with van der Waals surface area (Å²) in [6.07, 6.45) is 0.576. The number of nitrogens with one attached hydrogen (secondary N) is 2. The number of carbonyl (C=O) groups excluding carboxylic acids is 2. The van der Waals surface area contributed by atoms with Crippen LogP contribution in [0, 0.1) is 0 Å². The van der Waals surface area contributed by atoms with Gasteiger partial charge in [-0.15, -0.1) is 12.4 Å². The second-order valence-corrected chi connectivity index (χ2v) is 7.13. The average Bonchev–Trinajstić information content (AvgIpc) is 3.40. The van der Waals surface area contributed by atoms with E-state index in [1.807, 2.05) is 30.3 Å². The molecule has 1 aliphatic heterocycles. The molecule has 0 radical (unpaired) electrons. The van der Waals surface area contributed by atoms with Gasteiger partial charge < -0.3 is 24.5 Å². The normalized spacial score (nSPS) is 17.8. The fourth-order valence-electron chi connectivity index (χ4n) is 3.54.